The SMILES string of the molecule is CC1OC(=O)OC1(C)OC/C(F)=C\C(F)F. The number of carbonyl (C=O) groups excluding carboxylic acids is 1. The molecule has 7 heteroatoms. The highest BCUT2D eigenvalue weighted by Crippen LogP contribution is 2.28. The molecule has 0 saturated carbocycles. The van der Waals surface area contributed by atoms with Crippen LogP contribution in [0.4, 0.5) is 18.0 Å². The molecule has 0 bridgehead atoms. The van der Waals surface area contributed by atoms with Gasteiger partial charge in [0.1, 0.15) is 12.4 Å². The van der Waals surface area contributed by atoms with E-state index in [1.165, 1.54) is 13.8 Å². The Morgan fingerprint density at radius 3 is 2.75 bits per heavy atom. The summed E-state index contributed by atoms with van der Waals surface area (Å²) in [5, 5.41) is 0. The molecule has 0 radical (unpaired) electrons. The minimum Gasteiger partial charge on any atom is -0.424 e. The first-order valence-electron chi connectivity index (χ1n) is 4.51. The Kier molecular flexibility index (Phi) is 3.79. The second-order valence-electron chi connectivity index (χ2n) is 3.36. The van der Waals surface area contributed by atoms with E-state index < -0.39 is 36.9 Å². The van der Waals surface area contributed by atoms with Crippen molar-refractivity contribution in [2.45, 2.75) is 32.2 Å². The van der Waals surface area contributed by atoms with Crippen molar-refractivity contribution in [1.29, 1.82) is 0 Å². The lowest BCUT2D eigenvalue weighted by molar-refractivity contribution is -0.182. The van der Waals surface area contributed by atoms with Gasteiger partial charge in [0, 0.05) is 13.0 Å². The van der Waals surface area contributed by atoms with Crippen molar-refractivity contribution in [3.8, 4) is 0 Å². The second-order valence-corrected chi connectivity index (χ2v) is 3.36. The van der Waals surface area contributed by atoms with E-state index in [-0.39, 0.29) is 6.08 Å². The van der Waals surface area contributed by atoms with Gasteiger partial charge in [-0.1, -0.05) is 0 Å². The zero-order valence-electron chi connectivity index (χ0n) is 8.71. The molecule has 1 rings (SSSR count). The van der Waals surface area contributed by atoms with E-state index in [2.05, 4.69) is 9.47 Å². The predicted molar refractivity (Wildman–Crippen MR) is 46.6 cm³/mol. The lowest BCUT2D eigenvalue weighted by Crippen LogP contribution is -2.38. The van der Waals surface area contributed by atoms with Gasteiger partial charge in [-0.15, -0.1) is 0 Å². The van der Waals surface area contributed by atoms with Crippen LogP contribution in [0.2, 0.25) is 0 Å². The highest BCUT2D eigenvalue weighted by Gasteiger charge is 2.46. The van der Waals surface area contributed by atoms with Crippen LogP contribution >= 0.6 is 0 Å². The number of hydrogen-bond donors (Lipinski definition) is 0. The minimum atomic E-state index is -2.89. The van der Waals surface area contributed by atoms with Gasteiger partial charge in [-0.2, -0.15) is 0 Å². The first-order chi connectivity index (χ1) is 7.33. The average molecular weight is 240 g/mol. The van der Waals surface area contributed by atoms with E-state index in [0.717, 1.165) is 0 Å². The van der Waals surface area contributed by atoms with Gasteiger partial charge in [0.25, 0.3) is 12.2 Å². The number of cyclic esters (lactones) is 2. The van der Waals surface area contributed by atoms with Crippen LogP contribution in [-0.2, 0) is 14.2 Å². The van der Waals surface area contributed by atoms with Crippen molar-refractivity contribution in [3.05, 3.63) is 11.9 Å². The molecule has 4 nitrogen and oxygen atoms in total. The number of allylic oxidation sites excluding steroid dienone is 1. The lowest BCUT2D eigenvalue weighted by Gasteiger charge is -2.23. The molecular formula is C9H11F3O4. The molecule has 0 aliphatic carbocycles. The summed E-state index contributed by atoms with van der Waals surface area (Å²) in [7, 11) is 0. The molecule has 1 heterocycles. The molecule has 0 aromatic rings. The maximum atomic E-state index is 12.8. The Hall–Kier alpha value is -1.24. The standard InChI is InChI=1S/C9H11F3O4/c1-5-9(2,16-8(13)15-5)14-4-6(10)3-7(11)12/h3,5,7H,4H2,1-2H3/b6-3+. The molecule has 1 fully saturated rings. The summed E-state index contributed by atoms with van der Waals surface area (Å²) < 4.78 is 50.4. The number of alkyl halides is 2. The molecule has 92 valence electrons. The average Bonchev–Trinajstić information content (AvgIpc) is 2.37. The van der Waals surface area contributed by atoms with Crippen LogP contribution in [0.3, 0.4) is 0 Å². The Morgan fingerprint density at radius 2 is 2.31 bits per heavy atom. The first kappa shape index (κ1) is 12.8. The zero-order chi connectivity index (χ0) is 12.3. The Balaban J connectivity index is 2.52. The van der Waals surface area contributed by atoms with E-state index in [1.54, 1.807) is 0 Å². The van der Waals surface area contributed by atoms with Crippen molar-refractivity contribution in [1.82, 2.24) is 0 Å². The third kappa shape index (κ3) is 3.13. The van der Waals surface area contributed by atoms with Gasteiger partial charge in [0.05, 0.1) is 0 Å². The Morgan fingerprint density at radius 1 is 1.69 bits per heavy atom. The predicted octanol–water partition coefficient (Wildman–Crippen LogP) is 2.39. The van der Waals surface area contributed by atoms with Gasteiger partial charge >= 0.3 is 6.16 Å². The second kappa shape index (κ2) is 4.73. The molecule has 0 aromatic carbocycles. The van der Waals surface area contributed by atoms with E-state index in [9.17, 15) is 18.0 Å². The summed E-state index contributed by atoms with van der Waals surface area (Å²) in [5.41, 5.74) is 0. The molecule has 16 heavy (non-hydrogen) atoms. The minimum absolute atomic E-state index is 0.117. The molecule has 0 spiro atoms. The highest BCUT2D eigenvalue weighted by atomic mass is 19.3. The molecule has 0 N–H and O–H groups in total. The summed E-state index contributed by atoms with van der Waals surface area (Å²) in [6.07, 6.45) is -4.45. The van der Waals surface area contributed by atoms with Gasteiger partial charge in [-0.3, -0.25) is 0 Å². The normalized spacial score (nSPS) is 30.5. The lowest BCUT2D eigenvalue weighted by atomic mass is 10.2. The summed E-state index contributed by atoms with van der Waals surface area (Å²) >= 11 is 0. The zero-order valence-corrected chi connectivity index (χ0v) is 8.71. The Bertz CT molecular complexity index is 305. The van der Waals surface area contributed by atoms with Crippen LogP contribution in [0.15, 0.2) is 11.9 Å². The van der Waals surface area contributed by atoms with Gasteiger partial charge in [0.15, 0.2) is 6.10 Å². The fraction of sp³-hybridized carbons (Fsp3) is 0.667. The fourth-order valence-corrected chi connectivity index (χ4v) is 1.07. The summed E-state index contributed by atoms with van der Waals surface area (Å²) in [4.78, 5) is 10.7. The summed E-state index contributed by atoms with van der Waals surface area (Å²) in [5.74, 6) is -2.59. The van der Waals surface area contributed by atoms with Crippen LogP contribution in [0.5, 0.6) is 0 Å². The van der Waals surface area contributed by atoms with Gasteiger partial charge in [0.2, 0.25) is 0 Å². The van der Waals surface area contributed by atoms with Gasteiger partial charge < -0.3 is 14.2 Å². The third-order valence-electron chi connectivity index (χ3n) is 2.10. The summed E-state index contributed by atoms with van der Waals surface area (Å²) in [6.45, 7) is 2.14. The number of ether oxygens (including phenoxy) is 3. The van der Waals surface area contributed by atoms with Crippen molar-refractivity contribution in [3.63, 3.8) is 0 Å². The van der Waals surface area contributed by atoms with E-state index in [1.807, 2.05) is 0 Å². The van der Waals surface area contributed by atoms with Crippen LogP contribution < -0.4 is 0 Å². The highest BCUT2D eigenvalue weighted by molar-refractivity contribution is 5.62. The fourth-order valence-electron chi connectivity index (χ4n) is 1.07. The van der Waals surface area contributed by atoms with Gasteiger partial charge in [-0.25, -0.2) is 18.0 Å². The molecule has 2 unspecified atom stereocenters. The molecule has 1 saturated heterocycles. The van der Waals surface area contributed by atoms with Crippen molar-refractivity contribution in [2.75, 3.05) is 6.61 Å². The van der Waals surface area contributed by atoms with Crippen LogP contribution in [0.1, 0.15) is 13.8 Å². The summed E-state index contributed by atoms with van der Waals surface area (Å²) in [6, 6.07) is 0. The van der Waals surface area contributed by atoms with Crippen molar-refractivity contribution < 1.29 is 32.2 Å². The first-order valence-corrected chi connectivity index (χ1v) is 4.51. The van der Waals surface area contributed by atoms with Gasteiger partial charge in [-0.05, 0) is 6.92 Å². The molecule has 1 aliphatic heterocycles. The topological polar surface area (TPSA) is 44.8 Å². The maximum absolute atomic E-state index is 12.8. The van der Waals surface area contributed by atoms with Crippen molar-refractivity contribution in [2.24, 2.45) is 0 Å². The molecule has 1 aliphatic rings. The Labute approximate surface area is 90.0 Å². The maximum Gasteiger partial charge on any atom is 0.511 e. The molecular weight excluding hydrogens is 229 g/mol. The van der Waals surface area contributed by atoms with Crippen LogP contribution in [0.25, 0.3) is 0 Å². The number of halogens is 3. The number of hydrogen-bond acceptors (Lipinski definition) is 4. The van der Waals surface area contributed by atoms with Crippen LogP contribution in [-0.4, -0.2) is 31.1 Å². The van der Waals surface area contributed by atoms with Crippen LogP contribution in [0, 0.1) is 0 Å². The van der Waals surface area contributed by atoms with E-state index in [0.29, 0.717) is 0 Å². The molecule has 0 aromatic heterocycles. The molecule has 2 atom stereocenters. The number of carbonyl (C=O) groups is 1. The monoisotopic (exact) mass is 240 g/mol. The van der Waals surface area contributed by atoms with E-state index >= 15 is 0 Å². The largest absolute Gasteiger partial charge is 0.511 e. The number of rotatable bonds is 4. The smallest absolute Gasteiger partial charge is 0.424 e. The molecule has 0 amide bonds. The van der Waals surface area contributed by atoms with E-state index in [4.69, 9.17) is 4.74 Å². The third-order valence-corrected chi connectivity index (χ3v) is 2.10. The van der Waals surface area contributed by atoms with Crippen molar-refractivity contribution >= 4 is 6.16 Å². The quantitative estimate of drug-likeness (QED) is 0.708.